The smallest absolute Gasteiger partial charge is 0.234 e. The molecular formula is C16H16N4OS2. The number of anilines is 1. The van der Waals surface area contributed by atoms with Crippen LogP contribution in [-0.4, -0.2) is 20.7 Å². The van der Waals surface area contributed by atoms with Crippen LogP contribution in [-0.2, 0) is 18.3 Å². The summed E-state index contributed by atoms with van der Waals surface area (Å²) in [5.41, 5.74) is 1.18. The molecule has 4 rings (SSSR count). The van der Waals surface area contributed by atoms with Crippen molar-refractivity contribution in [1.29, 1.82) is 0 Å². The Kier molecular flexibility index (Phi) is 3.74. The van der Waals surface area contributed by atoms with Crippen LogP contribution in [0.25, 0.3) is 10.7 Å². The van der Waals surface area contributed by atoms with Gasteiger partial charge in [-0.1, -0.05) is 6.07 Å². The first-order chi connectivity index (χ1) is 11.2. The molecule has 3 heterocycles. The SMILES string of the molecule is Cn1nc(-c2cccs2)nc1NC(=O)C1CCCc2sccc21. The summed E-state index contributed by atoms with van der Waals surface area (Å²) < 4.78 is 1.63. The van der Waals surface area contributed by atoms with Crippen LogP contribution < -0.4 is 5.32 Å². The largest absolute Gasteiger partial charge is 0.294 e. The van der Waals surface area contributed by atoms with Crippen molar-refractivity contribution in [2.24, 2.45) is 7.05 Å². The number of hydrogen-bond donors (Lipinski definition) is 1. The number of fused-ring (bicyclic) bond motifs is 1. The number of nitrogens with zero attached hydrogens (tertiary/aromatic N) is 3. The highest BCUT2D eigenvalue weighted by atomic mass is 32.1. The van der Waals surface area contributed by atoms with E-state index in [4.69, 9.17) is 0 Å². The van der Waals surface area contributed by atoms with Crippen molar-refractivity contribution in [1.82, 2.24) is 14.8 Å². The predicted octanol–water partition coefficient (Wildman–Crippen LogP) is 3.66. The molecule has 0 spiro atoms. The van der Waals surface area contributed by atoms with E-state index < -0.39 is 0 Å². The summed E-state index contributed by atoms with van der Waals surface area (Å²) >= 11 is 3.33. The standard InChI is InChI=1S/C16H16N4OS2/c1-20-16(17-14(19-20)13-6-3-8-22-13)18-15(21)11-4-2-5-12-10(11)7-9-23-12/h3,6-9,11H,2,4-5H2,1H3,(H,17,18,19,21). The Morgan fingerprint density at radius 1 is 1.35 bits per heavy atom. The van der Waals surface area contributed by atoms with E-state index in [-0.39, 0.29) is 11.8 Å². The number of carbonyl (C=O) groups is 1. The van der Waals surface area contributed by atoms with E-state index in [2.05, 4.69) is 26.8 Å². The molecule has 0 saturated carbocycles. The molecule has 1 unspecified atom stereocenters. The third kappa shape index (κ3) is 2.70. The molecule has 1 aliphatic carbocycles. The highest BCUT2D eigenvalue weighted by molar-refractivity contribution is 7.13. The molecule has 0 aromatic carbocycles. The molecule has 1 amide bonds. The lowest BCUT2D eigenvalue weighted by atomic mass is 9.87. The molecular weight excluding hydrogens is 328 g/mol. The van der Waals surface area contributed by atoms with Gasteiger partial charge in [-0.05, 0) is 47.7 Å². The van der Waals surface area contributed by atoms with Gasteiger partial charge in [0.25, 0.3) is 0 Å². The molecule has 118 valence electrons. The molecule has 0 saturated heterocycles. The number of carbonyl (C=O) groups excluding carboxylic acids is 1. The van der Waals surface area contributed by atoms with Crippen LogP contribution in [0.2, 0.25) is 0 Å². The zero-order chi connectivity index (χ0) is 15.8. The quantitative estimate of drug-likeness (QED) is 0.789. The van der Waals surface area contributed by atoms with Crippen LogP contribution in [0, 0.1) is 0 Å². The van der Waals surface area contributed by atoms with Crippen LogP contribution in [0.15, 0.2) is 29.0 Å². The molecule has 5 nitrogen and oxygen atoms in total. The summed E-state index contributed by atoms with van der Waals surface area (Å²) in [5, 5.41) is 11.4. The van der Waals surface area contributed by atoms with Crippen molar-refractivity contribution in [3.05, 3.63) is 39.4 Å². The summed E-state index contributed by atoms with van der Waals surface area (Å²) in [6.07, 6.45) is 3.04. The van der Waals surface area contributed by atoms with Gasteiger partial charge in [0.2, 0.25) is 11.9 Å². The summed E-state index contributed by atoms with van der Waals surface area (Å²) in [7, 11) is 1.80. The van der Waals surface area contributed by atoms with Gasteiger partial charge < -0.3 is 0 Å². The maximum Gasteiger partial charge on any atom is 0.234 e. The highest BCUT2D eigenvalue weighted by Gasteiger charge is 2.28. The van der Waals surface area contributed by atoms with Crippen molar-refractivity contribution in [2.45, 2.75) is 25.2 Å². The van der Waals surface area contributed by atoms with Crippen LogP contribution in [0.5, 0.6) is 0 Å². The van der Waals surface area contributed by atoms with Crippen molar-refractivity contribution in [3.8, 4) is 10.7 Å². The first-order valence-corrected chi connectivity index (χ1v) is 9.30. The minimum Gasteiger partial charge on any atom is -0.294 e. The van der Waals surface area contributed by atoms with Gasteiger partial charge in [-0.25, -0.2) is 4.68 Å². The summed E-state index contributed by atoms with van der Waals surface area (Å²) in [6, 6.07) is 6.02. The number of aryl methyl sites for hydroxylation is 2. The van der Waals surface area contributed by atoms with Gasteiger partial charge in [0.05, 0.1) is 10.8 Å². The number of hydrogen-bond acceptors (Lipinski definition) is 5. The number of amides is 1. The molecule has 0 aliphatic heterocycles. The fraction of sp³-hybridized carbons (Fsp3) is 0.312. The second kappa shape index (κ2) is 5.90. The van der Waals surface area contributed by atoms with Gasteiger partial charge in [0, 0.05) is 11.9 Å². The number of rotatable bonds is 3. The molecule has 1 atom stereocenters. The molecule has 0 bridgehead atoms. The van der Waals surface area contributed by atoms with Gasteiger partial charge in [-0.15, -0.1) is 27.8 Å². The maximum atomic E-state index is 12.7. The monoisotopic (exact) mass is 344 g/mol. The topological polar surface area (TPSA) is 59.8 Å². The van der Waals surface area contributed by atoms with Gasteiger partial charge in [0.1, 0.15) is 0 Å². The Morgan fingerprint density at radius 2 is 2.26 bits per heavy atom. The van der Waals surface area contributed by atoms with E-state index in [9.17, 15) is 4.79 Å². The fourth-order valence-electron chi connectivity index (χ4n) is 2.96. The summed E-state index contributed by atoms with van der Waals surface area (Å²) in [6.45, 7) is 0. The minimum absolute atomic E-state index is 0.0116. The average molecular weight is 344 g/mol. The van der Waals surface area contributed by atoms with Crippen LogP contribution in [0.4, 0.5) is 5.95 Å². The maximum absolute atomic E-state index is 12.7. The lowest BCUT2D eigenvalue weighted by Crippen LogP contribution is -2.25. The minimum atomic E-state index is -0.0770. The molecule has 0 radical (unpaired) electrons. The second-order valence-electron chi connectivity index (χ2n) is 5.59. The molecule has 23 heavy (non-hydrogen) atoms. The van der Waals surface area contributed by atoms with Crippen molar-refractivity contribution in [2.75, 3.05) is 5.32 Å². The van der Waals surface area contributed by atoms with Crippen molar-refractivity contribution in [3.63, 3.8) is 0 Å². The Morgan fingerprint density at radius 3 is 3.09 bits per heavy atom. The van der Waals surface area contributed by atoms with Gasteiger partial charge >= 0.3 is 0 Å². The van der Waals surface area contributed by atoms with E-state index in [1.807, 2.05) is 17.5 Å². The number of nitrogens with one attached hydrogen (secondary N) is 1. The highest BCUT2D eigenvalue weighted by Crippen LogP contribution is 2.35. The van der Waals surface area contributed by atoms with E-state index in [0.717, 1.165) is 24.1 Å². The second-order valence-corrected chi connectivity index (χ2v) is 7.54. The van der Waals surface area contributed by atoms with Crippen molar-refractivity contribution < 1.29 is 4.79 Å². The first kappa shape index (κ1) is 14.6. The van der Waals surface area contributed by atoms with Gasteiger partial charge in [-0.3, -0.25) is 10.1 Å². The first-order valence-electron chi connectivity index (χ1n) is 7.54. The van der Waals surface area contributed by atoms with Crippen LogP contribution >= 0.6 is 22.7 Å². The Balaban J connectivity index is 1.56. The van der Waals surface area contributed by atoms with Crippen molar-refractivity contribution >= 4 is 34.5 Å². The van der Waals surface area contributed by atoms with E-state index in [1.54, 1.807) is 34.4 Å². The van der Waals surface area contributed by atoms with Crippen LogP contribution in [0.3, 0.4) is 0 Å². The Bertz CT molecular complexity index is 834. The summed E-state index contributed by atoms with van der Waals surface area (Å²) in [4.78, 5) is 19.5. The normalized spacial score (nSPS) is 17.0. The van der Waals surface area contributed by atoms with Gasteiger partial charge in [0.15, 0.2) is 5.82 Å². The molecule has 0 fully saturated rings. The molecule has 3 aromatic rings. The van der Waals surface area contributed by atoms with Gasteiger partial charge in [-0.2, -0.15) is 4.98 Å². The van der Waals surface area contributed by atoms with Crippen LogP contribution in [0.1, 0.15) is 29.2 Å². The summed E-state index contributed by atoms with van der Waals surface area (Å²) in [5.74, 6) is 1.09. The zero-order valence-corrected chi connectivity index (χ0v) is 14.3. The Hall–Kier alpha value is -1.99. The predicted molar refractivity (Wildman–Crippen MR) is 92.9 cm³/mol. The molecule has 1 aliphatic rings. The lowest BCUT2D eigenvalue weighted by Gasteiger charge is -2.21. The van der Waals surface area contributed by atoms with E-state index >= 15 is 0 Å². The molecule has 7 heteroatoms. The van der Waals surface area contributed by atoms with E-state index in [1.165, 1.54) is 10.4 Å². The third-order valence-electron chi connectivity index (χ3n) is 4.11. The third-order valence-corrected chi connectivity index (χ3v) is 5.97. The van der Waals surface area contributed by atoms with E-state index in [0.29, 0.717) is 11.8 Å². The number of aromatic nitrogens is 3. The molecule has 1 N–H and O–H groups in total. The number of thiophene rings is 2. The average Bonchev–Trinajstić information content (AvgIpc) is 3.27. The Labute approximate surface area is 142 Å². The lowest BCUT2D eigenvalue weighted by molar-refractivity contribution is -0.117. The molecule has 3 aromatic heterocycles. The zero-order valence-electron chi connectivity index (χ0n) is 12.7. The fourth-order valence-corrected chi connectivity index (χ4v) is 4.60.